The van der Waals surface area contributed by atoms with Crippen LogP contribution in [0.1, 0.15) is 30.6 Å². The zero-order valence-corrected chi connectivity index (χ0v) is 14.4. The number of aromatic nitrogens is 1. The highest BCUT2D eigenvalue weighted by Gasteiger charge is 2.09. The Labute approximate surface area is 147 Å². The van der Waals surface area contributed by atoms with Gasteiger partial charge in [0.25, 0.3) is 0 Å². The number of rotatable bonds is 7. The van der Waals surface area contributed by atoms with E-state index in [0.717, 1.165) is 41.9 Å². The van der Waals surface area contributed by atoms with E-state index >= 15 is 0 Å². The molecule has 0 aliphatic heterocycles. The van der Waals surface area contributed by atoms with Gasteiger partial charge in [0.15, 0.2) is 5.76 Å². The van der Waals surface area contributed by atoms with Crippen LogP contribution in [0, 0.1) is 5.92 Å². The zero-order chi connectivity index (χ0) is 17.6. The summed E-state index contributed by atoms with van der Waals surface area (Å²) in [6, 6.07) is 16.9. The van der Waals surface area contributed by atoms with Gasteiger partial charge < -0.3 is 9.26 Å². The molecule has 0 unspecified atom stereocenters. The van der Waals surface area contributed by atoms with Crippen LogP contribution in [-0.4, -0.2) is 18.0 Å². The lowest BCUT2D eigenvalue weighted by Gasteiger charge is -2.08. The van der Waals surface area contributed by atoms with Crippen LogP contribution >= 0.6 is 0 Å². The molecule has 0 fully saturated rings. The fourth-order valence-electron chi connectivity index (χ4n) is 2.41. The van der Waals surface area contributed by atoms with E-state index in [0.29, 0.717) is 17.2 Å². The lowest BCUT2D eigenvalue weighted by molar-refractivity contribution is 0.112. The molecule has 4 nitrogen and oxygen atoms in total. The Morgan fingerprint density at radius 2 is 1.72 bits per heavy atom. The van der Waals surface area contributed by atoms with Crippen molar-refractivity contribution in [2.75, 3.05) is 6.61 Å². The molecule has 0 bridgehead atoms. The summed E-state index contributed by atoms with van der Waals surface area (Å²) in [5.74, 6) is 2.18. The van der Waals surface area contributed by atoms with Gasteiger partial charge in [-0.1, -0.05) is 43.3 Å². The normalized spacial score (nSPS) is 10.8. The van der Waals surface area contributed by atoms with Gasteiger partial charge in [-0.05, 0) is 36.6 Å². The predicted octanol–water partition coefficient (Wildman–Crippen LogP) is 5.25. The molecule has 0 N–H and O–H groups in total. The average Bonchev–Trinajstić information content (AvgIpc) is 3.12. The Kier molecular flexibility index (Phi) is 5.29. The molecule has 0 saturated heterocycles. The molecule has 3 aromatic rings. The van der Waals surface area contributed by atoms with E-state index in [1.54, 1.807) is 12.1 Å². The third-order valence-electron chi connectivity index (χ3n) is 3.96. The van der Waals surface area contributed by atoms with Gasteiger partial charge in [-0.25, -0.2) is 0 Å². The smallest absolute Gasteiger partial charge is 0.167 e. The van der Waals surface area contributed by atoms with Gasteiger partial charge in [-0.15, -0.1) is 0 Å². The fraction of sp³-hybridized carbons (Fsp3) is 0.238. The van der Waals surface area contributed by atoms with Gasteiger partial charge >= 0.3 is 0 Å². The fourth-order valence-corrected chi connectivity index (χ4v) is 2.41. The first-order valence-electron chi connectivity index (χ1n) is 8.41. The van der Waals surface area contributed by atoms with Crippen LogP contribution in [0.15, 0.2) is 59.1 Å². The maximum Gasteiger partial charge on any atom is 0.167 e. The Balaban J connectivity index is 1.70. The monoisotopic (exact) mass is 335 g/mol. The highest BCUT2D eigenvalue weighted by Crippen LogP contribution is 2.27. The Hall–Kier alpha value is -2.88. The van der Waals surface area contributed by atoms with Crippen LogP contribution in [0.25, 0.3) is 22.6 Å². The molecule has 3 rings (SSSR count). The number of ether oxygens (including phenoxy) is 1. The van der Waals surface area contributed by atoms with Gasteiger partial charge in [0, 0.05) is 22.8 Å². The molecule has 0 aliphatic rings. The molecule has 25 heavy (non-hydrogen) atoms. The molecule has 1 heterocycles. The summed E-state index contributed by atoms with van der Waals surface area (Å²) < 4.78 is 11.2. The van der Waals surface area contributed by atoms with Crippen LogP contribution < -0.4 is 4.74 Å². The maximum absolute atomic E-state index is 10.7. The van der Waals surface area contributed by atoms with Crippen LogP contribution in [0.4, 0.5) is 0 Å². The molecule has 2 aromatic carbocycles. The van der Waals surface area contributed by atoms with Crippen molar-refractivity contribution < 1.29 is 14.1 Å². The molecule has 0 atom stereocenters. The van der Waals surface area contributed by atoms with E-state index in [2.05, 4.69) is 19.0 Å². The summed E-state index contributed by atoms with van der Waals surface area (Å²) >= 11 is 0. The van der Waals surface area contributed by atoms with Crippen molar-refractivity contribution in [2.24, 2.45) is 5.92 Å². The van der Waals surface area contributed by atoms with Gasteiger partial charge in [0.05, 0.1) is 6.61 Å². The predicted molar refractivity (Wildman–Crippen MR) is 97.7 cm³/mol. The molecule has 0 amide bonds. The summed E-state index contributed by atoms with van der Waals surface area (Å²) in [6.45, 7) is 5.08. The molecular formula is C21H21NO3. The third-order valence-corrected chi connectivity index (χ3v) is 3.96. The van der Waals surface area contributed by atoms with E-state index < -0.39 is 0 Å². The first-order valence-corrected chi connectivity index (χ1v) is 8.41. The van der Waals surface area contributed by atoms with E-state index in [-0.39, 0.29) is 0 Å². The van der Waals surface area contributed by atoms with Crippen molar-refractivity contribution in [3.05, 3.63) is 60.2 Å². The van der Waals surface area contributed by atoms with Crippen LogP contribution in [0.2, 0.25) is 0 Å². The summed E-state index contributed by atoms with van der Waals surface area (Å²) in [5, 5.41) is 4.12. The highest BCUT2D eigenvalue weighted by atomic mass is 16.5. The van der Waals surface area contributed by atoms with Crippen molar-refractivity contribution in [3.63, 3.8) is 0 Å². The summed E-state index contributed by atoms with van der Waals surface area (Å²) in [5.41, 5.74) is 3.24. The van der Waals surface area contributed by atoms with Gasteiger partial charge in [-0.3, -0.25) is 4.79 Å². The topological polar surface area (TPSA) is 52.3 Å². The first kappa shape index (κ1) is 17.0. The van der Waals surface area contributed by atoms with Crippen LogP contribution in [0.5, 0.6) is 5.75 Å². The minimum Gasteiger partial charge on any atom is -0.494 e. The number of aldehydes is 1. The molecule has 128 valence electrons. The van der Waals surface area contributed by atoms with Crippen molar-refractivity contribution >= 4 is 6.29 Å². The minimum absolute atomic E-state index is 0.632. The second-order valence-electron chi connectivity index (χ2n) is 6.37. The summed E-state index contributed by atoms with van der Waals surface area (Å²) in [4.78, 5) is 10.7. The van der Waals surface area contributed by atoms with Gasteiger partial charge in [0.1, 0.15) is 17.7 Å². The number of nitrogens with zero attached hydrogens (tertiary/aromatic N) is 1. The Morgan fingerprint density at radius 3 is 2.36 bits per heavy atom. The van der Waals surface area contributed by atoms with Crippen LogP contribution in [0.3, 0.4) is 0 Å². The van der Waals surface area contributed by atoms with Crippen molar-refractivity contribution in [1.29, 1.82) is 0 Å². The van der Waals surface area contributed by atoms with E-state index in [4.69, 9.17) is 9.26 Å². The number of hydrogen-bond donors (Lipinski definition) is 0. The second kappa shape index (κ2) is 7.79. The highest BCUT2D eigenvalue weighted by molar-refractivity contribution is 5.76. The van der Waals surface area contributed by atoms with Crippen molar-refractivity contribution in [1.82, 2.24) is 5.16 Å². The largest absolute Gasteiger partial charge is 0.494 e. The third kappa shape index (κ3) is 4.35. The number of carbonyl (C=O) groups is 1. The zero-order valence-electron chi connectivity index (χ0n) is 14.4. The lowest BCUT2D eigenvalue weighted by Crippen LogP contribution is -2.01. The molecule has 0 aliphatic carbocycles. The Bertz CT molecular complexity index is 817. The van der Waals surface area contributed by atoms with Gasteiger partial charge in [0.2, 0.25) is 0 Å². The average molecular weight is 335 g/mol. The lowest BCUT2D eigenvalue weighted by atomic mass is 10.1. The summed E-state index contributed by atoms with van der Waals surface area (Å²) in [7, 11) is 0. The maximum atomic E-state index is 10.7. The minimum atomic E-state index is 0.632. The quantitative estimate of drug-likeness (QED) is 0.554. The van der Waals surface area contributed by atoms with E-state index in [1.807, 2.05) is 42.5 Å². The standard InChI is InChI=1S/C21H21NO3/c1-15(2)11-12-24-19-9-7-18(8-10-19)21-13-20(22-25-21)17-5-3-16(14-23)4-6-17/h3-10,13-15H,11-12H2,1-2H3. The second-order valence-corrected chi connectivity index (χ2v) is 6.37. The van der Waals surface area contributed by atoms with Gasteiger partial charge in [-0.2, -0.15) is 0 Å². The number of hydrogen-bond acceptors (Lipinski definition) is 4. The van der Waals surface area contributed by atoms with E-state index in [9.17, 15) is 4.79 Å². The Morgan fingerprint density at radius 1 is 1.04 bits per heavy atom. The molecule has 0 spiro atoms. The molecule has 0 radical (unpaired) electrons. The molecule has 0 saturated carbocycles. The SMILES string of the molecule is CC(C)CCOc1ccc(-c2cc(-c3ccc(C=O)cc3)no2)cc1. The first-order chi connectivity index (χ1) is 12.2. The summed E-state index contributed by atoms with van der Waals surface area (Å²) in [6.07, 6.45) is 1.86. The van der Waals surface area contributed by atoms with E-state index in [1.165, 1.54) is 0 Å². The van der Waals surface area contributed by atoms with Crippen molar-refractivity contribution in [3.8, 4) is 28.3 Å². The molecular weight excluding hydrogens is 314 g/mol. The number of carbonyl (C=O) groups excluding carboxylic acids is 1. The van der Waals surface area contributed by atoms with Crippen molar-refractivity contribution in [2.45, 2.75) is 20.3 Å². The molecule has 4 heteroatoms. The number of benzene rings is 2. The molecule has 1 aromatic heterocycles. The van der Waals surface area contributed by atoms with Crippen LogP contribution in [-0.2, 0) is 0 Å².